The van der Waals surface area contributed by atoms with Crippen molar-refractivity contribution < 1.29 is 35.9 Å². The first-order chi connectivity index (χ1) is 15.5. The summed E-state index contributed by atoms with van der Waals surface area (Å²) >= 11 is 3.03. The molecule has 1 unspecified atom stereocenters. The van der Waals surface area contributed by atoms with Gasteiger partial charge in [0.05, 0.1) is 23.7 Å². The molecule has 33 heavy (non-hydrogen) atoms. The molecule has 1 atom stereocenters. The van der Waals surface area contributed by atoms with Crippen LogP contribution >= 0.6 is 24.2 Å². The Balaban J connectivity index is 1.62. The molecule has 0 aliphatic rings. The lowest BCUT2D eigenvalue weighted by atomic mass is 10.0. The van der Waals surface area contributed by atoms with E-state index in [1.807, 2.05) is 30.3 Å². The molecule has 0 saturated heterocycles. The Labute approximate surface area is 199 Å². The molecular formula is C22H19BrF2O6PS+. The average molecular weight is 560 g/mol. The van der Waals surface area contributed by atoms with Crippen LogP contribution in [0.15, 0.2) is 76.1 Å². The third-order valence-corrected chi connectivity index (χ3v) is 6.78. The van der Waals surface area contributed by atoms with Gasteiger partial charge in [-0.25, -0.2) is 8.42 Å². The second kappa shape index (κ2) is 10.5. The standard InChI is InChI=1S/C22H18BrF2O6PS/c1-33(28,29)19-4-2-3-18(12-19)17-8-5-15(6-9-17)13-30-14-16-7-10-20(21(23)11-16)22(24,25)31-32(26)27/h2-12H,13-14H2,1H3/p+1. The summed E-state index contributed by atoms with van der Waals surface area (Å²) < 4.78 is 71.3. The minimum absolute atomic E-state index is 0.0196. The van der Waals surface area contributed by atoms with E-state index in [9.17, 15) is 21.8 Å². The molecular weight excluding hydrogens is 541 g/mol. The normalized spacial score (nSPS) is 12.6. The Morgan fingerprint density at radius 3 is 2.21 bits per heavy atom. The topological polar surface area (TPSA) is 89.9 Å². The molecule has 3 rings (SSSR count). The quantitative estimate of drug-likeness (QED) is 0.326. The van der Waals surface area contributed by atoms with Gasteiger partial charge in [-0.05, 0) is 51.0 Å². The lowest BCUT2D eigenvalue weighted by molar-refractivity contribution is -0.186. The van der Waals surface area contributed by atoms with E-state index in [1.165, 1.54) is 12.1 Å². The number of benzene rings is 3. The summed E-state index contributed by atoms with van der Waals surface area (Å²) in [6.07, 6.45) is -2.75. The van der Waals surface area contributed by atoms with E-state index in [0.29, 0.717) is 5.56 Å². The van der Waals surface area contributed by atoms with Crippen LogP contribution in [0.2, 0.25) is 0 Å². The van der Waals surface area contributed by atoms with Crippen molar-refractivity contribution in [3.63, 3.8) is 0 Å². The van der Waals surface area contributed by atoms with Crippen molar-refractivity contribution in [1.29, 1.82) is 0 Å². The summed E-state index contributed by atoms with van der Waals surface area (Å²) in [4.78, 5) is 8.84. The van der Waals surface area contributed by atoms with Gasteiger partial charge in [-0.3, -0.25) is 0 Å². The molecule has 0 bridgehead atoms. The van der Waals surface area contributed by atoms with Crippen LogP contribution in [0.3, 0.4) is 0 Å². The van der Waals surface area contributed by atoms with Gasteiger partial charge in [0.2, 0.25) is 0 Å². The SMILES string of the molecule is CS(=O)(=O)c1cccc(-c2ccc(COCc3ccc(C(F)(F)O[P+](=O)O)c(Br)c3)cc2)c1. The Kier molecular flexibility index (Phi) is 8.10. The van der Waals surface area contributed by atoms with Crippen LogP contribution in [0, 0.1) is 0 Å². The van der Waals surface area contributed by atoms with Crippen LogP contribution in [-0.2, 0) is 43.0 Å². The van der Waals surface area contributed by atoms with Crippen molar-refractivity contribution in [3.05, 3.63) is 87.9 Å². The number of ether oxygens (including phenoxy) is 1. The highest BCUT2D eigenvalue weighted by Crippen LogP contribution is 2.41. The fourth-order valence-corrected chi connectivity index (χ4v) is 4.64. The zero-order chi connectivity index (χ0) is 24.2. The van der Waals surface area contributed by atoms with E-state index in [4.69, 9.17) is 9.63 Å². The highest BCUT2D eigenvalue weighted by Gasteiger charge is 2.44. The third kappa shape index (κ3) is 6.96. The van der Waals surface area contributed by atoms with E-state index in [-0.39, 0.29) is 22.6 Å². The molecule has 0 spiro atoms. The largest absolute Gasteiger partial charge is 0.701 e. The summed E-state index contributed by atoms with van der Waals surface area (Å²) in [7, 11) is -6.76. The van der Waals surface area contributed by atoms with Crippen molar-refractivity contribution in [2.45, 2.75) is 24.2 Å². The van der Waals surface area contributed by atoms with Crippen molar-refractivity contribution >= 4 is 34.0 Å². The summed E-state index contributed by atoms with van der Waals surface area (Å²) in [5, 5.41) is 0. The Hall–Kier alpha value is -2.07. The van der Waals surface area contributed by atoms with Gasteiger partial charge in [0.15, 0.2) is 9.84 Å². The molecule has 174 valence electrons. The van der Waals surface area contributed by atoms with Gasteiger partial charge < -0.3 is 4.74 Å². The number of alkyl halides is 2. The van der Waals surface area contributed by atoms with E-state index >= 15 is 0 Å². The molecule has 3 aromatic carbocycles. The fourth-order valence-electron chi connectivity index (χ4n) is 3.02. The maximum atomic E-state index is 13.9. The first-order valence-electron chi connectivity index (χ1n) is 9.45. The van der Waals surface area contributed by atoms with Crippen molar-refractivity contribution in [2.75, 3.05) is 6.26 Å². The van der Waals surface area contributed by atoms with Crippen molar-refractivity contribution in [2.24, 2.45) is 0 Å². The molecule has 0 aliphatic carbocycles. The molecule has 0 aliphatic heterocycles. The highest BCUT2D eigenvalue weighted by molar-refractivity contribution is 9.10. The molecule has 0 amide bonds. The van der Waals surface area contributed by atoms with Crippen LogP contribution in [-0.4, -0.2) is 19.6 Å². The van der Waals surface area contributed by atoms with E-state index in [1.54, 1.807) is 18.2 Å². The summed E-state index contributed by atoms with van der Waals surface area (Å²) in [6.45, 7) is 0.422. The number of rotatable bonds is 9. The van der Waals surface area contributed by atoms with Crippen LogP contribution < -0.4 is 0 Å². The molecule has 1 N–H and O–H groups in total. The zero-order valence-corrected chi connectivity index (χ0v) is 20.5. The predicted molar refractivity (Wildman–Crippen MR) is 122 cm³/mol. The van der Waals surface area contributed by atoms with Gasteiger partial charge in [0.1, 0.15) is 0 Å². The second-order valence-electron chi connectivity index (χ2n) is 7.15. The van der Waals surface area contributed by atoms with Crippen molar-refractivity contribution in [1.82, 2.24) is 0 Å². The van der Waals surface area contributed by atoms with Crippen molar-refractivity contribution in [3.8, 4) is 11.1 Å². The van der Waals surface area contributed by atoms with Gasteiger partial charge >= 0.3 is 14.4 Å². The minimum atomic E-state index is -3.91. The van der Waals surface area contributed by atoms with E-state index < -0.39 is 29.8 Å². The summed E-state index contributed by atoms with van der Waals surface area (Å²) in [6, 6.07) is 18.1. The van der Waals surface area contributed by atoms with Gasteiger partial charge in [0.25, 0.3) is 0 Å². The van der Waals surface area contributed by atoms with E-state index in [0.717, 1.165) is 29.0 Å². The van der Waals surface area contributed by atoms with Crippen LogP contribution in [0.1, 0.15) is 16.7 Å². The van der Waals surface area contributed by atoms with Crippen LogP contribution in [0.4, 0.5) is 8.78 Å². The third-order valence-electron chi connectivity index (χ3n) is 4.63. The van der Waals surface area contributed by atoms with E-state index in [2.05, 4.69) is 20.5 Å². The summed E-state index contributed by atoms with van der Waals surface area (Å²) in [5.41, 5.74) is 2.56. The first-order valence-corrected chi connectivity index (χ1v) is 13.3. The maximum Gasteiger partial charge on any atom is 0.701 e. The molecule has 0 heterocycles. The Morgan fingerprint density at radius 2 is 1.61 bits per heavy atom. The predicted octanol–water partition coefficient (Wildman–Crippen LogP) is 5.95. The smallest absolute Gasteiger partial charge is 0.372 e. The lowest BCUT2D eigenvalue weighted by Gasteiger charge is -2.13. The average Bonchev–Trinajstić information content (AvgIpc) is 2.73. The minimum Gasteiger partial charge on any atom is -0.372 e. The number of hydrogen-bond donors (Lipinski definition) is 1. The number of halogens is 3. The number of sulfone groups is 1. The fraction of sp³-hybridized carbons (Fsp3) is 0.182. The second-order valence-corrected chi connectivity index (χ2v) is 10.7. The molecule has 0 fully saturated rings. The summed E-state index contributed by atoms with van der Waals surface area (Å²) in [5.74, 6) is 0. The zero-order valence-electron chi connectivity index (χ0n) is 17.2. The van der Waals surface area contributed by atoms with Gasteiger partial charge in [-0.2, -0.15) is 8.78 Å². The highest BCUT2D eigenvalue weighted by atomic mass is 79.9. The monoisotopic (exact) mass is 559 g/mol. The Morgan fingerprint density at radius 1 is 0.970 bits per heavy atom. The molecule has 0 radical (unpaired) electrons. The first kappa shape index (κ1) is 25.6. The molecule has 0 saturated carbocycles. The Bertz CT molecular complexity index is 1270. The lowest BCUT2D eigenvalue weighted by Crippen LogP contribution is -2.15. The molecule has 6 nitrogen and oxygen atoms in total. The van der Waals surface area contributed by atoms with Gasteiger partial charge in [-0.1, -0.05) is 58.4 Å². The van der Waals surface area contributed by atoms with Gasteiger partial charge in [0, 0.05) is 15.3 Å². The number of hydrogen-bond acceptors (Lipinski definition) is 5. The van der Waals surface area contributed by atoms with Gasteiger partial charge in [-0.15, -0.1) is 4.89 Å². The molecule has 0 aromatic heterocycles. The van der Waals surface area contributed by atoms with Crippen LogP contribution in [0.25, 0.3) is 11.1 Å². The molecule has 11 heteroatoms. The maximum absolute atomic E-state index is 13.9. The molecule has 3 aromatic rings. The van der Waals surface area contributed by atoms with Crippen LogP contribution in [0.5, 0.6) is 0 Å².